The third-order valence-electron chi connectivity index (χ3n) is 2.69. The van der Waals surface area contributed by atoms with E-state index in [1.807, 2.05) is 26.1 Å². The lowest BCUT2D eigenvalue weighted by molar-refractivity contribution is 0.414. The average molecular weight is 299 g/mol. The van der Waals surface area contributed by atoms with Crippen LogP contribution in [-0.4, -0.2) is 9.78 Å². The number of furan rings is 1. The van der Waals surface area contributed by atoms with Gasteiger partial charge in [0.2, 0.25) is 0 Å². The van der Waals surface area contributed by atoms with Crippen LogP contribution >= 0.6 is 15.9 Å². The van der Waals surface area contributed by atoms with Gasteiger partial charge in [-0.3, -0.25) is 10.5 Å². The van der Waals surface area contributed by atoms with Crippen molar-refractivity contribution in [3.63, 3.8) is 0 Å². The van der Waals surface area contributed by atoms with Crippen molar-refractivity contribution in [2.75, 3.05) is 0 Å². The first-order valence-corrected chi connectivity index (χ1v) is 6.18. The van der Waals surface area contributed by atoms with Gasteiger partial charge in [-0.2, -0.15) is 5.10 Å². The summed E-state index contributed by atoms with van der Waals surface area (Å²) in [4.78, 5) is 0. The van der Waals surface area contributed by atoms with Crippen LogP contribution in [0.4, 0.5) is 0 Å². The Morgan fingerprint density at radius 2 is 2.35 bits per heavy atom. The molecule has 5 nitrogen and oxygen atoms in total. The fraction of sp³-hybridized carbons (Fsp3) is 0.364. The number of nitrogens with zero attached hydrogens (tertiary/aromatic N) is 2. The van der Waals surface area contributed by atoms with Crippen molar-refractivity contribution in [1.82, 2.24) is 15.2 Å². The summed E-state index contributed by atoms with van der Waals surface area (Å²) in [6.45, 7) is 2.05. The Hall–Kier alpha value is -1.11. The topological polar surface area (TPSA) is 69.0 Å². The van der Waals surface area contributed by atoms with Crippen LogP contribution in [0.1, 0.15) is 30.2 Å². The summed E-state index contributed by atoms with van der Waals surface area (Å²) in [6.07, 6.45) is 2.60. The highest BCUT2D eigenvalue weighted by molar-refractivity contribution is 9.10. The number of hydrogen-bond donors (Lipinski definition) is 2. The van der Waals surface area contributed by atoms with E-state index in [1.165, 1.54) is 0 Å². The molecule has 0 aliphatic carbocycles. The molecule has 0 spiro atoms. The third kappa shape index (κ3) is 2.29. The van der Waals surface area contributed by atoms with Crippen LogP contribution in [0.25, 0.3) is 0 Å². The Labute approximate surface area is 108 Å². The number of aromatic nitrogens is 2. The fourth-order valence-corrected chi connectivity index (χ4v) is 2.36. The molecule has 3 N–H and O–H groups in total. The number of hydrogen-bond acceptors (Lipinski definition) is 4. The van der Waals surface area contributed by atoms with Gasteiger partial charge in [0.05, 0.1) is 16.4 Å². The SMILES string of the molecule is CCc1ccc(C(NN)c2c(Br)cnn2C)o1. The predicted molar refractivity (Wildman–Crippen MR) is 68.2 cm³/mol. The molecular formula is C11H15BrN4O. The first-order chi connectivity index (χ1) is 8.17. The predicted octanol–water partition coefficient (Wildman–Crippen LogP) is 1.89. The minimum atomic E-state index is -0.211. The highest BCUT2D eigenvalue weighted by Crippen LogP contribution is 2.28. The van der Waals surface area contributed by atoms with Gasteiger partial charge in [-0.15, -0.1) is 0 Å². The van der Waals surface area contributed by atoms with Crippen LogP contribution in [0.5, 0.6) is 0 Å². The molecule has 92 valence electrons. The summed E-state index contributed by atoms with van der Waals surface area (Å²) < 4.78 is 8.38. The highest BCUT2D eigenvalue weighted by atomic mass is 79.9. The molecule has 0 saturated heterocycles. The molecule has 17 heavy (non-hydrogen) atoms. The first kappa shape index (κ1) is 12.3. The smallest absolute Gasteiger partial charge is 0.128 e. The summed E-state index contributed by atoms with van der Waals surface area (Å²) in [5.74, 6) is 7.34. The molecule has 0 aliphatic heterocycles. The normalized spacial score (nSPS) is 12.9. The van der Waals surface area contributed by atoms with Gasteiger partial charge in [0, 0.05) is 13.5 Å². The minimum Gasteiger partial charge on any atom is -0.464 e. The van der Waals surface area contributed by atoms with Gasteiger partial charge >= 0.3 is 0 Å². The Balaban J connectivity index is 2.40. The Bertz CT molecular complexity index is 486. The lowest BCUT2D eigenvalue weighted by Gasteiger charge is -2.14. The van der Waals surface area contributed by atoms with Crippen LogP contribution in [0.3, 0.4) is 0 Å². The number of rotatable bonds is 4. The van der Waals surface area contributed by atoms with Gasteiger partial charge in [0.1, 0.15) is 17.6 Å². The molecule has 0 amide bonds. The number of halogens is 1. The zero-order valence-electron chi connectivity index (χ0n) is 9.77. The van der Waals surface area contributed by atoms with E-state index in [1.54, 1.807) is 10.9 Å². The molecule has 2 aromatic heterocycles. The van der Waals surface area contributed by atoms with E-state index >= 15 is 0 Å². The van der Waals surface area contributed by atoms with Crippen molar-refractivity contribution >= 4 is 15.9 Å². The van der Waals surface area contributed by atoms with Crippen LogP contribution in [0.2, 0.25) is 0 Å². The maximum absolute atomic E-state index is 5.72. The summed E-state index contributed by atoms with van der Waals surface area (Å²) in [5.41, 5.74) is 3.69. The quantitative estimate of drug-likeness (QED) is 0.668. The molecule has 1 unspecified atom stereocenters. The van der Waals surface area contributed by atoms with Crippen molar-refractivity contribution in [3.05, 3.63) is 40.0 Å². The molecule has 2 rings (SSSR count). The number of hydrazine groups is 1. The second kappa shape index (κ2) is 5.03. The largest absolute Gasteiger partial charge is 0.464 e. The Morgan fingerprint density at radius 1 is 1.59 bits per heavy atom. The van der Waals surface area contributed by atoms with Gasteiger partial charge in [0.25, 0.3) is 0 Å². The highest BCUT2D eigenvalue weighted by Gasteiger charge is 2.22. The minimum absolute atomic E-state index is 0.211. The van der Waals surface area contributed by atoms with E-state index in [0.717, 1.165) is 28.1 Å². The third-order valence-corrected chi connectivity index (χ3v) is 3.30. The zero-order valence-corrected chi connectivity index (χ0v) is 11.4. The van der Waals surface area contributed by atoms with Crippen molar-refractivity contribution in [2.24, 2.45) is 12.9 Å². The molecule has 0 aromatic carbocycles. The van der Waals surface area contributed by atoms with Crippen LogP contribution in [-0.2, 0) is 13.5 Å². The number of nitrogens with two attached hydrogens (primary N) is 1. The Morgan fingerprint density at radius 3 is 2.82 bits per heavy atom. The molecule has 0 bridgehead atoms. The van der Waals surface area contributed by atoms with Crippen LogP contribution in [0.15, 0.2) is 27.2 Å². The molecule has 2 heterocycles. The zero-order chi connectivity index (χ0) is 12.4. The van der Waals surface area contributed by atoms with Gasteiger partial charge in [-0.25, -0.2) is 5.43 Å². The van der Waals surface area contributed by atoms with Gasteiger partial charge in [0.15, 0.2) is 0 Å². The molecule has 2 aromatic rings. The molecule has 0 fully saturated rings. The lowest BCUT2D eigenvalue weighted by Crippen LogP contribution is -2.30. The van der Waals surface area contributed by atoms with Crippen LogP contribution in [0, 0.1) is 0 Å². The van der Waals surface area contributed by atoms with Crippen molar-refractivity contribution < 1.29 is 4.42 Å². The van der Waals surface area contributed by atoms with Gasteiger partial charge in [-0.05, 0) is 28.1 Å². The second-order valence-electron chi connectivity index (χ2n) is 3.76. The van der Waals surface area contributed by atoms with E-state index in [4.69, 9.17) is 10.3 Å². The molecule has 0 saturated carbocycles. The molecule has 1 atom stereocenters. The average Bonchev–Trinajstić information content (AvgIpc) is 2.91. The van der Waals surface area contributed by atoms with E-state index < -0.39 is 0 Å². The van der Waals surface area contributed by atoms with Crippen molar-refractivity contribution in [1.29, 1.82) is 0 Å². The van der Waals surface area contributed by atoms with Gasteiger partial charge < -0.3 is 4.42 Å². The maximum atomic E-state index is 5.72. The Kier molecular flexibility index (Phi) is 3.66. The maximum Gasteiger partial charge on any atom is 0.128 e. The standard InChI is InChI=1S/C11H15BrN4O/c1-3-7-4-5-9(17-7)10(15-13)11-8(12)6-14-16(11)2/h4-6,10,15H,3,13H2,1-2H3. The van der Waals surface area contributed by atoms with Gasteiger partial charge in [-0.1, -0.05) is 6.92 Å². The monoisotopic (exact) mass is 298 g/mol. The van der Waals surface area contributed by atoms with E-state index in [9.17, 15) is 0 Å². The van der Waals surface area contributed by atoms with E-state index in [-0.39, 0.29) is 6.04 Å². The van der Waals surface area contributed by atoms with Crippen molar-refractivity contribution in [2.45, 2.75) is 19.4 Å². The summed E-state index contributed by atoms with van der Waals surface area (Å²) >= 11 is 3.46. The molecule has 6 heteroatoms. The molecule has 0 radical (unpaired) electrons. The molecule has 0 aliphatic rings. The van der Waals surface area contributed by atoms with E-state index in [2.05, 4.69) is 26.5 Å². The lowest BCUT2D eigenvalue weighted by atomic mass is 10.1. The second-order valence-corrected chi connectivity index (χ2v) is 4.61. The van der Waals surface area contributed by atoms with Crippen molar-refractivity contribution in [3.8, 4) is 0 Å². The first-order valence-electron chi connectivity index (χ1n) is 5.39. The number of aryl methyl sites for hydroxylation is 2. The summed E-state index contributed by atoms with van der Waals surface area (Å²) in [6, 6.07) is 3.68. The molecular weight excluding hydrogens is 284 g/mol. The fourth-order valence-electron chi connectivity index (χ4n) is 1.78. The van der Waals surface area contributed by atoms with Crippen LogP contribution < -0.4 is 11.3 Å². The number of nitrogens with one attached hydrogen (secondary N) is 1. The summed E-state index contributed by atoms with van der Waals surface area (Å²) in [5, 5.41) is 4.17. The van der Waals surface area contributed by atoms with E-state index in [0.29, 0.717) is 0 Å². The summed E-state index contributed by atoms with van der Waals surface area (Å²) in [7, 11) is 1.87.